The van der Waals surface area contributed by atoms with Crippen LogP contribution in [0.2, 0.25) is 0 Å². The Kier molecular flexibility index (Phi) is 6.91. The van der Waals surface area contributed by atoms with Gasteiger partial charge in [-0.1, -0.05) is 152 Å². The standard InChI is InChI=1S/C51H37N/c1-34-15-6-7-20-41(34)42-29-27-39(31-35(42)2)52(38-19-14-18-37(32-38)36-16-4-3-5-17-36)40-28-30-46-45-23-10-13-26-49(45)51(50(46)33-40)47-24-11-8-21-43(47)44-22-9-12-25-48(44)51/h3-33H,1-2H3. The zero-order chi connectivity index (χ0) is 34.8. The van der Waals surface area contributed by atoms with Crippen LogP contribution in [-0.2, 0) is 5.41 Å². The number of hydrogen-bond donors (Lipinski definition) is 0. The molecule has 0 N–H and O–H groups in total. The van der Waals surface area contributed by atoms with Crippen LogP contribution in [0.4, 0.5) is 17.1 Å². The number of nitrogens with zero attached hydrogens (tertiary/aromatic N) is 1. The lowest BCUT2D eigenvalue weighted by atomic mass is 9.70. The molecule has 2 aliphatic rings. The molecule has 0 heterocycles. The molecule has 0 bridgehead atoms. The first kappa shape index (κ1) is 30.4. The smallest absolute Gasteiger partial charge is 0.0726 e. The van der Waals surface area contributed by atoms with Gasteiger partial charge in [0.2, 0.25) is 0 Å². The average molecular weight is 664 g/mol. The lowest BCUT2D eigenvalue weighted by molar-refractivity contribution is 0.793. The topological polar surface area (TPSA) is 3.24 Å². The van der Waals surface area contributed by atoms with Crippen LogP contribution in [-0.4, -0.2) is 0 Å². The molecule has 52 heavy (non-hydrogen) atoms. The summed E-state index contributed by atoms with van der Waals surface area (Å²) in [6.07, 6.45) is 0. The van der Waals surface area contributed by atoms with E-state index in [1.165, 1.54) is 77.9 Å². The predicted octanol–water partition coefficient (Wildman–Crippen LogP) is 13.5. The van der Waals surface area contributed by atoms with E-state index in [0.717, 1.165) is 17.1 Å². The molecule has 0 aromatic heterocycles. The van der Waals surface area contributed by atoms with Gasteiger partial charge in [0.05, 0.1) is 5.41 Å². The summed E-state index contributed by atoms with van der Waals surface area (Å²) in [5.41, 5.74) is 21.1. The van der Waals surface area contributed by atoms with Crippen LogP contribution < -0.4 is 4.90 Å². The molecule has 1 nitrogen and oxygen atoms in total. The summed E-state index contributed by atoms with van der Waals surface area (Å²) in [5.74, 6) is 0. The molecule has 0 atom stereocenters. The maximum atomic E-state index is 2.48. The number of fused-ring (bicyclic) bond motifs is 10. The van der Waals surface area contributed by atoms with E-state index in [4.69, 9.17) is 0 Å². The van der Waals surface area contributed by atoms with Gasteiger partial charge >= 0.3 is 0 Å². The molecule has 0 saturated carbocycles. The van der Waals surface area contributed by atoms with Gasteiger partial charge in [0, 0.05) is 17.1 Å². The molecular formula is C51H37N. The van der Waals surface area contributed by atoms with Crippen LogP contribution in [0.5, 0.6) is 0 Å². The highest BCUT2D eigenvalue weighted by atomic mass is 15.1. The molecule has 0 unspecified atom stereocenters. The Hall–Kier alpha value is -6.44. The summed E-state index contributed by atoms with van der Waals surface area (Å²) in [4.78, 5) is 2.45. The van der Waals surface area contributed by atoms with Gasteiger partial charge in [0.1, 0.15) is 0 Å². The quantitative estimate of drug-likeness (QED) is 0.177. The Morgan fingerprint density at radius 1 is 0.308 bits per heavy atom. The van der Waals surface area contributed by atoms with Gasteiger partial charge < -0.3 is 4.90 Å². The zero-order valence-corrected chi connectivity index (χ0v) is 29.3. The van der Waals surface area contributed by atoms with Gasteiger partial charge in [-0.15, -0.1) is 0 Å². The van der Waals surface area contributed by atoms with Crippen LogP contribution >= 0.6 is 0 Å². The fraction of sp³-hybridized carbons (Fsp3) is 0.0588. The molecular weight excluding hydrogens is 627 g/mol. The molecule has 0 amide bonds. The number of rotatable bonds is 5. The first-order chi connectivity index (χ1) is 25.6. The van der Waals surface area contributed by atoms with Gasteiger partial charge in [-0.3, -0.25) is 0 Å². The highest BCUT2D eigenvalue weighted by molar-refractivity contribution is 5.96. The Morgan fingerprint density at radius 2 is 0.769 bits per heavy atom. The van der Waals surface area contributed by atoms with E-state index in [-0.39, 0.29) is 0 Å². The summed E-state index contributed by atoms with van der Waals surface area (Å²) in [6.45, 7) is 4.44. The van der Waals surface area contributed by atoms with Crippen molar-refractivity contribution in [2.24, 2.45) is 0 Å². The molecule has 1 heteroatoms. The van der Waals surface area contributed by atoms with Crippen molar-refractivity contribution in [3.8, 4) is 44.5 Å². The lowest BCUT2D eigenvalue weighted by Gasteiger charge is -2.32. The van der Waals surface area contributed by atoms with Crippen LogP contribution in [0.15, 0.2) is 188 Å². The molecule has 0 fully saturated rings. The number of benzene rings is 8. The monoisotopic (exact) mass is 663 g/mol. The van der Waals surface area contributed by atoms with E-state index in [0.29, 0.717) is 0 Å². The van der Waals surface area contributed by atoms with Crippen molar-refractivity contribution in [1.82, 2.24) is 0 Å². The van der Waals surface area contributed by atoms with Crippen molar-refractivity contribution < 1.29 is 0 Å². The van der Waals surface area contributed by atoms with Crippen molar-refractivity contribution in [2.75, 3.05) is 4.90 Å². The molecule has 10 rings (SSSR count). The van der Waals surface area contributed by atoms with Gasteiger partial charge in [0.15, 0.2) is 0 Å². The van der Waals surface area contributed by atoms with E-state index in [2.05, 4.69) is 207 Å². The molecule has 2 aliphatic carbocycles. The third-order valence-electron chi connectivity index (χ3n) is 11.4. The van der Waals surface area contributed by atoms with Crippen molar-refractivity contribution in [3.63, 3.8) is 0 Å². The molecule has 8 aromatic rings. The first-order valence-corrected chi connectivity index (χ1v) is 18.2. The molecule has 246 valence electrons. The number of anilines is 3. The maximum Gasteiger partial charge on any atom is 0.0726 e. The van der Waals surface area contributed by atoms with Crippen LogP contribution in [0.1, 0.15) is 33.4 Å². The van der Waals surface area contributed by atoms with E-state index in [1.807, 2.05) is 0 Å². The largest absolute Gasteiger partial charge is 0.310 e. The highest BCUT2D eigenvalue weighted by Gasteiger charge is 2.51. The Bertz CT molecular complexity index is 2600. The minimum absolute atomic E-state index is 0.405. The number of aryl methyl sites for hydroxylation is 2. The zero-order valence-electron chi connectivity index (χ0n) is 29.3. The van der Waals surface area contributed by atoms with Crippen molar-refractivity contribution in [1.29, 1.82) is 0 Å². The van der Waals surface area contributed by atoms with Crippen molar-refractivity contribution >= 4 is 17.1 Å². The third-order valence-corrected chi connectivity index (χ3v) is 11.4. The summed E-state index contributed by atoms with van der Waals surface area (Å²) in [6, 6.07) is 69.6. The average Bonchev–Trinajstić information content (AvgIpc) is 3.66. The summed E-state index contributed by atoms with van der Waals surface area (Å²) in [7, 11) is 0. The van der Waals surface area contributed by atoms with Gasteiger partial charge in [-0.25, -0.2) is 0 Å². The third kappa shape index (κ3) is 4.42. The Morgan fingerprint density at radius 3 is 1.38 bits per heavy atom. The molecule has 8 aromatic carbocycles. The maximum absolute atomic E-state index is 2.48. The predicted molar refractivity (Wildman–Crippen MR) is 218 cm³/mol. The van der Waals surface area contributed by atoms with Crippen molar-refractivity contribution in [2.45, 2.75) is 19.3 Å². The summed E-state index contributed by atoms with van der Waals surface area (Å²) in [5, 5.41) is 0. The second kappa shape index (κ2) is 11.8. The fourth-order valence-corrected chi connectivity index (χ4v) is 9.09. The SMILES string of the molecule is Cc1ccccc1-c1ccc(N(c2cccc(-c3ccccc3)c2)c2ccc3c(c2)C2(c4ccccc4-c4ccccc42)c2ccccc2-3)cc1C. The molecule has 0 saturated heterocycles. The Balaban J connectivity index is 1.22. The molecule has 1 spiro atoms. The fourth-order valence-electron chi connectivity index (χ4n) is 9.09. The first-order valence-electron chi connectivity index (χ1n) is 18.2. The second-order valence-corrected chi connectivity index (χ2v) is 14.2. The second-order valence-electron chi connectivity index (χ2n) is 14.2. The van der Waals surface area contributed by atoms with Gasteiger partial charge in [0.25, 0.3) is 0 Å². The molecule has 0 radical (unpaired) electrons. The van der Waals surface area contributed by atoms with Crippen LogP contribution in [0.3, 0.4) is 0 Å². The minimum Gasteiger partial charge on any atom is -0.310 e. The normalized spacial score (nSPS) is 13.0. The van der Waals surface area contributed by atoms with E-state index >= 15 is 0 Å². The van der Waals surface area contributed by atoms with E-state index < -0.39 is 5.41 Å². The Labute approximate surface area is 306 Å². The van der Waals surface area contributed by atoms with Crippen LogP contribution in [0, 0.1) is 13.8 Å². The number of hydrogen-bond acceptors (Lipinski definition) is 1. The summed E-state index contributed by atoms with van der Waals surface area (Å²) >= 11 is 0. The lowest BCUT2D eigenvalue weighted by Crippen LogP contribution is -2.26. The molecule has 0 aliphatic heterocycles. The van der Waals surface area contributed by atoms with E-state index in [9.17, 15) is 0 Å². The van der Waals surface area contributed by atoms with Crippen molar-refractivity contribution in [3.05, 3.63) is 221 Å². The summed E-state index contributed by atoms with van der Waals surface area (Å²) < 4.78 is 0. The van der Waals surface area contributed by atoms with Gasteiger partial charge in [-0.2, -0.15) is 0 Å². The minimum atomic E-state index is -0.405. The highest BCUT2D eigenvalue weighted by Crippen LogP contribution is 2.63. The van der Waals surface area contributed by atoms with E-state index in [1.54, 1.807) is 0 Å². The van der Waals surface area contributed by atoms with Crippen LogP contribution in [0.25, 0.3) is 44.5 Å². The van der Waals surface area contributed by atoms with Gasteiger partial charge in [-0.05, 0) is 128 Å².